The monoisotopic (exact) mass is 625 g/mol. The van der Waals surface area contributed by atoms with Gasteiger partial charge in [0.2, 0.25) is 0 Å². The zero-order valence-electron chi connectivity index (χ0n) is 18.7. The molecular weight excluding hydrogens is 602 g/mol. The van der Waals surface area contributed by atoms with Gasteiger partial charge in [0, 0.05) is 18.6 Å². The predicted octanol–water partition coefficient (Wildman–Crippen LogP) is 6.86. The quantitative estimate of drug-likeness (QED) is 0.228. The molecule has 5 heteroatoms. The molecule has 2 aliphatic rings. The molecule has 1 aromatic heterocycles. The molecular formula is C29H23FIrN3. The molecule has 0 saturated carbocycles. The Morgan fingerprint density at radius 3 is 2.71 bits per heavy atom. The van der Waals surface area contributed by atoms with Gasteiger partial charge in [-0.15, -0.1) is 29.8 Å². The minimum Gasteiger partial charge on any atom is -0.668 e. The molecule has 0 N–H and O–H groups in total. The van der Waals surface area contributed by atoms with Gasteiger partial charge in [-0.25, -0.2) is 4.39 Å². The average molecular weight is 625 g/mol. The van der Waals surface area contributed by atoms with Crippen LogP contribution >= 0.6 is 0 Å². The number of aromatic nitrogens is 1. The number of rotatable bonds is 2. The van der Waals surface area contributed by atoms with Crippen molar-refractivity contribution in [1.82, 2.24) is 9.88 Å². The third-order valence-corrected chi connectivity index (χ3v) is 5.90. The van der Waals surface area contributed by atoms with Gasteiger partial charge in [0.15, 0.2) is 0 Å². The van der Waals surface area contributed by atoms with Gasteiger partial charge in [-0.05, 0) is 41.7 Å². The summed E-state index contributed by atoms with van der Waals surface area (Å²) in [4.78, 5) is 6.64. The summed E-state index contributed by atoms with van der Waals surface area (Å²) in [5.41, 5.74) is 7.38. The Kier molecular flexibility index (Phi) is 7.56. The summed E-state index contributed by atoms with van der Waals surface area (Å²) in [5, 5.41) is 4.41. The molecule has 0 bridgehead atoms. The second kappa shape index (κ2) is 10.8. The molecule has 0 aliphatic carbocycles. The Morgan fingerprint density at radius 1 is 1.03 bits per heavy atom. The molecule has 0 amide bonds. The molecule has 0 radical (unpaired) electrons. The summed E-state index contributed by atoms with van der Waals surface area (Å²) in [7, 11) is 0. The van der Waals surface area contributed by atoms with Crippen LogP contribution < -0.4 is 0 Å². The summed E-state index contributed by atoms with van der Waals surface area (Å²) in [6.07, 6.45) is 7.10. The van der Waals surface area contributed by atoms with E-state index in [1.54, 1.807) is 6.07 Å². The van der Waals surface area contributed by atoms with Gasteiger partial charge in [0.05, 0.1) is 0 Å². The average Bonchev–Trinajstić information content (AvgIpc) is 3.35. The van der Waals surface area contributed by atoms with Gasteiger partial charge < -0.3 is 15.2 Å². The molecule has 6 rings (SSSR count). The predicted molar refractivity (Wildman–Crippen MR) is 130 cm³/mol. The zero-order chi connectivity index (χ0) is 22.6. The topological polar surface area (TPSA) is 30.2 Å². The van der Waals surface area contributed by atoms with E-state index in [9.17, 15) is 4.39 Å². The molecule has 3 heterocycles. The van der Waals surface area contributed by atoms with Gasteiger partial charge >= 0.3 is 20.1 Å². The van der Waals surface area contributed by atoms with Crippen molar-refractivity contribution in [1.29, 1.82) is 0 Å². The van der Waals surface area contributed by atoms with E-state index in [1.165, 1.54) is 23.3 Å². The fraction of sp³-hybridized carbons (Fsp3) is 0.138. The molecule has 0 spiro atoms. The van der Waals surface area contributed by atoms with Crippen LogP contribution in [0.25, 0.3) is 27.7 Å². The molecule has 3 aromatic carbocycles. The molecule has 34 heavy (non-hydrogen) atoms. The van der Waals surface area contributed by atoms with E-state index >= 15 is 0 Å². The van der Waals surface area contributed by atoms with Crippen molar-refractivity contribution in [2.24, 2.45) is 0 Å². The third kappa shape index (κ3) is 5.11. The standard InChI is InChI=1S/C18H13FN.C11H10N2.Ir/c1-13-12-20-18(15-8-5-9-16(19)10-15)11-17(13)14-6-3-2-4-7-14;1-2-4-10-9(3-1)5-7-13-8-6-12-11(10)13;/h2-7,9-12H,1H3;1-3,6,8,11H,5,7H2;/q-1;-2;+3. The number of halogens is 1. The zero-order valence-corrected chi connectivity index (χ0v) is 21.1. The first-order valence-corrected chi connectivity index (χ1v) is 11.0. The van der Waals surface area contributed by atoms with Gasteiger partial charge in [-0.1, -0.05) is 42.8 Å². The van der Waals surface area contributed by atoms with Gasteiger partial charge in [0.25, 0.3) is 0 Å². The largest absolute Gasteiger partial charge is 3.00 e. The molecule has 0 fully saturated rings. The Balaban J connectivity index is 0.000000169. The Labute approximate surface area is 213 Å². The third-order valence-electron chi connectivity index (χ3n) is 5.90. The second-order valence-corrected chi connectivity index (χ2v) is 8.09. The van der Waals surface area contributed by atoms with Crippen LogP contribution in [0, 0.1) is 24.9 Å². The van der Waals surface area contributed by atoms with E-state index in [-0.39, 0.29) is 32.1 Å². The molecule has 0 saturated heterocycles. The Hall–Kier alpha value is -3.27. The SMILES string of the molecule is Cc1cnc(-c2[c-]ccc(F)c2)cc1-c1ccccc1.[Ir+3].[c-]1cccc2c1C1[N-]C=CN1CC2. The number of hydrogen-bond donors (Lipinski definition) is 0. The summed E-state index contributed by atoms with van der Waals surface area (Å²) in [6, 6.07) is 29.0. The van der Waals surface area contributed by atoms with E-state index < -0.39 is 0 Å². The number of benzene rings is 3. The van der Waals surface area contributed by atoms with Gasteiger partial charge in [-0.2, -0.15) is 41.6 Å². The van der Waals surface area contributed by atoms with Crippen molar-refractivity contribution < 1.29 is 24.5 Å². The van der Waals surface area contributed by atoms with Gasteiger partial charge in [-0.3, -0.25) is 0 Å². The number of nitrogens with zero attached hydrogens (tertiary/aromatic N) is 3. The molecule has 1 atom stereocenters. The summed E-state index contributed by atoms with van der Waals surface area (Å²) in [5.74, 6) is -0.276. The molecule has 170 valence electrons. The second-order valence-electron chi connectivity index (χ2n) is 8.09. The van der Waals surface area contributed by atoms with E-state index in [0.29, 0.717) is 5.56 Å². The molecule has 4 aromatic rings. The van der Waals surface area contributed by atoms with Crippen molar-refractivity contribution in [3.8, 4) is 22.4 Å². The minimum atomic E-state index is -0.276. The maximum Gasteiger partial charge on any atom is 3.00 e. The molecule has 2 aliphatic heterocycles. The minimum absolute atomic E-state index is 0. The number of hydrogen-bond acceptors (Lipinski definition) is 2. The summed E-state index contributed by atoms with van der Waals surface area (Å²) < 4.78 is 13.3. The summed E-state index contributed by atoms with van der Waals surface area (Å²) >= 11 is 0. The normalized spacial score (nSPS) is 15.2. The van der Waals surface area contributed by atoms with E-state index in [4.69, 9.17) is 0 Å². The van der Waals surface area contributed by atoms with Crippen molar-refractivity contribution in [2.75, 3.05) is 6.54 Å². The van der Waals surface area contributed by atoms with Crippen molar-refractivity contribution in [2.45, 2.75) is 19.5 Å². The van der Waals surface area contributed by atoms with Crippen LogP contribution in [-0.2, 0) is 26.5 Å². The maximum atomic E-state index is 13.3. The molecule has 1 unspecified atom stereocenters. The van der Waals surface area contributed by atoms with Crippen LogP contribution in [0.15, 0.2) is 91.4 Å². The maximum absolute atomic E-state index is 13.3. The fourth-order valence-electron chi connectivity index (χ4n) is 4.19. The van der Waals surface area contributed by atoms with E-state index in [2.05, 4.69) is 57.8 Å². The number of pyridine rings is 1. The number of fused-ring (bicyclic) bond motifs is 3. The van der Waals surface area contributed by atoms with Crippen molar-refractivity contribution >= 4 is 0 Å². The number of aryl methyl sites for hydroxylation is 1. The van der Waals surface area contributed by atoms with Crippen LogP contribution in [0.2, 0.25) is 0 Å². The first-order chi connectivity index (χ1) is 16.2. The van der Waals surface area contributed by atoms with Crippen LogP contribution in [0.5, 0.6) is 0 Å². The smallest absolute Gasteiger partial charge is 0.668 e. The Bertz CT molecular complexity index is 1290. The van der Waals surface area contributed by atoms with E-state index in [1.807, 2.05) is 49.7 Å². The summed E-state index contributed by atoms with van der Waals surface area (Å²) in [6.45, 7) is 3.10. The van der Waals surface area contributed by atoms with Crippen LogP contribution in [0.3, 0.4) is 0 Å². The first kappa shape index (κ1) is 23.9. The van der Waals surface area contributed by atoms with Gasteiger partial charge in [0.1, 0.15) is 0 Å². The van der Waals surface area contributed by atoms with Crippen LogP contribution in [-0.4, -0.2) is 16.4 Å². The fourth-order valence-corrected chi connectivity index (χ4v) is 4.19. The van der Waals surface area contributed by atoms with E-state index in [0.717, 1.165) is 35.3 Å². The Morgan fingerprint density at radius 2 is 1.88 bits per heavy atom. The van der Waals surface area contributed by atoms with Crippen molar-refractivity contribution in [3.05, 3.63) is 131 Å². The molecule has 3 nitrogen and oxygen atoms in total. The van der Waals surface area contributed by atoms with Crippen molar-refractivity contribution in [3.63, 3.8) is 0 Å². The van der Waals surface area contributed by atoms with Crippen LogP contribution in [0.1, 0.15) is 22.9 Å². The van der Waals surface area contributed by atoms with Crippen LogP contribution in [0.4, 0.5) is 4.39 Å². The first-order valence-electron chi connectivity index (χ1n) is 11.0.